The van der Waals surface area contributed by atoms with Crippen molar-refractivity contribution in [1.82, 2.24) is 0 Å². The Morgan fingerprint density at radius 2 is 1.72 bits per heavy atom. The molecule has 0 heterocycles. The normalized spacial score (nSPS) is 10.4. The Labute approximate surface area is 108 Å². The summed E-state index contributed by atoms with van der Waals surface area (Å²) in [5.74, 6) is 0.777. The number of aryl methyl sites for hydroxylation is 2. The molecule has 0 bridgehead atoms. The van der Waals surface area contributed by atoms with Crippen LogP contribution in [0.5, 0.6) is 5.75 Å². The Kier molecular flexibility index (Phi) is 3.68. The van der Waals surface area contributed by atoms with Crippen molar-refractivity contribution >= 4 is 0 Å². The van der Waals surface area contributed by atoms with E-state index in [0.29, 0.717) is 0 Å². The molecule has 1 N–H and O–H groups in total. The smallest absolute Gasteiger partial charge is 0.119 e. The van der Waals surface area contributed by atoms with Crippen LogP contribution in [0.4, 0.5) is 0 Å². The number of hydrogen-bond acceptors (Lipinski definition) is 2. The van der Waals surface area contributed by atoms with Crippen molar-refractivity contribution in [2.75, 3.05) is 7.11 Å². The molecule has 0 aliphatic rings. The first-order chi connectivity index (χ1) is 8.65. The van der Waals surface area contributed by atoms with Gasteiger partial charge in [-0.3, -0.25) is 0 Å². The van der Waals surface area contributed by atoms with Gasteiger partial charge in [-0.25, -0.2) is 0 Å². The number of aliphatic hydroxyl groups excluding tert-OH is 1. The largest absolute Gasteiger partial charge is 0.497 e. The third-order valence-electron chi connectivity index (χ3n) is 3.15. The molecular formula is C16H18O2. The average molecular weight is 242 g/mol. The molecule has 0 aliphatic heterocycles. The molecule has 2 heteroatoms. The summed E-state index contributed by atoms with van der Waals surface area (Å²) in [7, 11) is 1.64. The molecule has 18 heavy (non-hydrogen) atoms. The molecule has 0 saturated heterocycles. The van der Waals surface area contributed by atoms with Crippen LogP contribution < -0.4 is 4.74 Å². The lowest BCUT2D eigenvalue weighted by molar-refractivity contribution is 0.281. The molecule has 0 spiro atoms. The van der Waals surface area contributed by atoms with Crippen molar-refractivity contribution in [3.8, 4) is 16.9 Å². The Morgan fingerprint density at radius 3 is 2.28 bits per heavy atom. The third-order valence-corrected chi connectivity index (χ3v) is 3.15. The zero-order valence-electron chi connectivity index (χ0n) is 11.0. The molecule has 0 unspecified atom stereocenters. The van der Waals surface area contributed by atoms with Crippen LogP contribution in [-0.4, -0.2) is 12.2 Å². The molecule has 0 fully saturated rings. The summed E-state index contributed by atoms with van der Waals surface area (Å²) in [6, 6.07) is 12.1. The first-order valence-electron chi connectivity index (χ1n) is 6.01. The van der Waals surface area contributed by atoms with Crippen molar-refractivity contribution in [2.45, 2.75) is 20.5 Å². The van der Waals surface area contributed by atoms with Gasteiger partial charge < -0.3 is 9.84 Å². The maximum atomic E-state index is 9.31. The van der Waals surface area contributed by atoms with Gasteiger partial charge in [0.05, 0.1) is 13.7 Å². The van der Waals surface area contributed by atoms with Gasteiger partial charge in [0, 0.05) is 0 Å². The minimum absolute atomic E-state index is 0.0229. The number of methoxy groups -OCH3 is 1. The summed E-state index contributed by atoms with van der Waals surface area (Å²) in [5, 5.41) is 9.31. The van der Waals surface area contributed by atoms with Crippen LogP contribution in [0, 0.1) is 13.8 Å². The van der Waals surface area contributed by atoms with E-state index >= 15 is 0 Å². The Balaban J connectivity index is 2.63. The Bertz CT molecular complexity index is 517. The van der Waals surface area contributed by atoms with E-state index in [9.17, 15) is 5.11 Å². The van der Waals surface area contributed by atoms with E-state index in [4.69, 9.17) is 4.74 Å². The SMILES string of the molecule is COc1cc(CO)cc(-c2c(C)cccc2C)c1. The fourth-order valence-corrected chi connectivity index (χ4v) is 2.28. The molecule has 0 amide bonds. The third kappa shape index (κ3) is 2.39. The summed E-state index contributed by atoms with van der Waals surface area (Å²) in [4.78, 5) is 0. The monoisotopic (exact) mass is 242 g/mol. The van der Waals surface area contributed by atoms with E-state index in [1.165, 1.54) is 16.7 Å². The second-order valence-electron chi connectivity index (χ2n) is 4.49. The summed E-state index contributed by atoms with van der Waals surface area (Å²) < 4.78 is 5.29. The molecule has 2 aromatic carbocycles. The van der Waals surface area contributed by atoms with E-state index in [2.05, 4.69) is 32.0 Å². The van der Waals surface area contributed by atoms with E-state index in [-0.39, 0.29) is 6.61 Å². The van der Waals surface area contributed by atoms with E-state index in [1.54, 1.807) is 7.11 Å². The second kappa shape index (κ2) is 5.23. The lowest BCUT2D eigenvalue weighted by Gasteiger charge is -2.12. The Hall–Kier alpha value is -1.80. The zero-order valence-corrected chi connectivity index (χ0v) is 11.0. The molecule has 94 valence electrons. The van der Waals surface area contributed by atoms with Crippen molar-refractivity contribution in [3.63, 3.8) is 0 Å². The number of ether oxygens (including phenoxy) is 1. The second-order valence-corrected chi connectivity index (χ2v) is 4.49. The van der Waals surface area contributed by atoms with E-state index in [1.807, 2.05) is 18.2 Å². The predicted octanol–water partition coefficient (Wildman–Crippen LogP) is 3.47. The van der Waals surface area contributed by atoms with Gasteiger partial charge in [0.1, 0.15) is 5.75 Å². The zero-order chi connectivity index (χ0) is 13.1. The van der Waals surface area contributed by atoms with Crippen LogP contribution in [0.3, 0.4) is 0 Å². The van der Waals surface area contributed by atoms with Gasteiger partial charge in [-0.1, -0.05) is 18.2 Å². The molecule has 0 atom stereocenters. The molecule has 0 radical (unpaired) electrons. The first kappa shape index (κ1) is 12.7. The maximum Gasteiger partial charge on any atom is 0.119 e. The summed E-state index contributed by atoms with van der Waals surface area (Å²) in [5.41, 5.74) is 5.63. The highest BCUT2D eigenvalue weighted by Crippen LogP contribution is 2.31. The highest BCUT2D eigenvalue weighted by molar-refractivity contribution is 5.72. The predicted molar refractivity (Wildman–Crippen MR) is 73.8 cm³/mol. The Morgan fingerprint density at radius 1 is 1.06 bits per heavy atom. The minimum Gasteiger partial charge on any atom is -0.497 e. The minimum atomic E-state index is 0.0229. The average Bonchev–Trinajstić information content (AvgIpc) is 2.38. The van der Waals surface area contributed by atoms with Gasteiger partial charge in [0.15, 0.2) is 0 Å². The lowest BCUT2D eigenvalue weighted by atomic mass is 9.94. The summed E-state index contributed by atoms with van der Waals surface area (Å²) >= 11 is 0. The van der Waals surface area contributed by atoms with Crippen LogP contribution in [0.1, 0.15) is 16.7 Å². The topological polar surface area (TPSA) is 29.5 Å². The van der Waals surface area contributed by atoms with Crippen molar-refractivity contribution in [1.29, 1.82) is 0 Å². The van der Waals surface area contributed by atoms with Gasteiger partial charge in [0.25, 0.3) is 0 Å². The van der Waals surface area contributed by atoms with Gasteiger partial charge in [-0.05, 0) is 59.9 Å². The maximum absolute atomic E-state index is 9.31. The quantitative estimate of drug-likeness (QED) is 0.893. The van der Waals surface area contributed by atoms with Crippen molar-refractivity contribution in [3.05, 3.63) is 53.1 Å². The van der Waals surface area contributed by atoms with Gasteiger partial charge in [0.2, 0.25) is 0 Å². The molecular weight excluding hydrogens is 224 g/mol. The number of benzene rings is 2. The van der Waals surface area contributed by atoms with Crippen LogP contribution in [0.2, 0.25) is 0 Å². The van der Waals surface area contributed by atoms with Crippen LogP contribution in [-0.2, 0) is 6.61 Å². The van der Waals surface area contributed by atoms with Crippen LogP contribution >= 0.6 is 0 Å². The molecule has 2 aromatic rings. The molecule has 2 rings (SSSR count). The van der Waals surface area contributed by atoms with E-state index < -0.39 is 0 Å². The van der Waals surface area contributed by atoms with Crippen molar-refractivity contribution in [2.24, 2.45) is 0 Å². The van der Waals surface area contributed by atoms with Gasteiger partial charge in [-0.2, -0.15) is 0 Å². The molecule has 0 aromatic heterocycles. The molecule has 0 aliphatic carbocycles. The van der Waals surface area contributed by atoms with Crippen LogP contribution in [0.15, 0.2) is 36.4 Å². The summed E-state index contributed by atoms with van der Waals surface area (Å²) in [6.45, 7) is 4.22. The fraction of sp³-hybridized carbons (Fsp3) is 0.250. The standard InChI is InChI=1S/C16H18O2/c1-11-5-4-6-12(2)16(11)14-7-13(10-17)8-15(9-14)18-3/h4-9,17H,10H2,1-3H3. The number of aliphatic hydroxyl groups is 1. The fourth-order valence-electron chi connectivity index (χ4n) is 2.28. The van der Waals surface area contributed by atoms with Crippen LogP contribution in [0.25, 0.3) is 11.1 Å². The highest BCUT2D eigenvalue weighted by atomic mass is 16.5. The van der Waals surface area contributed by atoms with E-state index in [0.717, 1.165) is 16.9 Å². The number of hydrogen-bond donors (Lipinski definition) is 1. The van der Waals surface area contributed by atoms with Crippen molar-refractivity contribution < 1.29 is 9.84 Å². The lowest BCUT2D eigenvalue weighted by Crippen LogP contribution is -1.93. The molecule has 2 nitrogen and oxygen atoms in total. The highest BCUT2D eigenvalue weighted by Gasteiger charge is 2.08. The van der Waals surface area contributed by atoms with Gasteiger partial charge >= 0.3 is 0 Å². The first-order valence-corrected chi connectivity index (χ1v) is 6.01. The summed E-state index contributed by atoms with van der Waals surface area (Å²) in [6.07, 6.45) is 0. The van der Waals surface area contributed by atoms with Gasteiger partial charge in [-0.15, -0.1) is 0 Å². The number of rotatable bonds is 3. The molecule has 0 saturated carbocycles.